The lowest BCUT2D eigenvalue weighted by Gasteiger charge is -2.15. The summed E-state index contributed by atoms with van der Waals surface area (Å²) in [5, 5.41) is 3.91. The largest absolute Gasteiger partial charge is 0.418 e. The van der Waals surface area contributed by atoms with Crippen LogP contribution in [0.15, 0.2) is 18.2 Å². The van der Waals surface area contributed by atoms with Crippen molar-refractivity contribution in [1.29, 1.82) is 0 Å². The zero-order valence-corrected chi connectivity index (χ0v) is 12.9. The quantitative estimate of drug-likeness (QED) is 0.626. The molecule has 0 aromatic heterocycles. The molecule has 0 saturated carbocycles. The number of benzene rings is 1. The van der Waals surface area contributed by atoms with Crippen molar-refractivity contribution < 1.29 is 32.2 Å². The zero-order chi connectivity index (χ0) is 17.6. The number of anilines is 1. The number of amides is 2. The van der Waals surface area contributed by atoms with E-state index in [9.17, 15) is 22.8 Å². The highest BCUT2D eigenvalue weighted by Gasteiger charge is 2.34. The minimum atomic E-state index is -4.73. The molecule has 0 saturated heterocycles. The van der Waals surface area contributed by atoms with Gasteiger partial charge in [-0.2, -0.15) is 13.2 Å². The highest BCUT2D eigenvalue weighted by molar-refractivity contribution is 6.39. The van der Waals surface area contributed by atoms with Crippen LogP contribution in [0.3, 0.4) is 0 Å². The van der Waals surface area contributed by atoms with Crippen LogP contribution >= 0.6 is 11.6 Å². The van der Waals surface area contributed by atoms with Crippen LogP contribution in [0.2, 0.25) is 5.02 Å². The maximum atomic E-state index is 12.9. The Bertz CT molecular complexity index is 577. The summed E-state index contributed by atoms with van der Waals surface area (Å²) in [6, 6.07) is 2.78. The summed E-state index contributed by atoms with van der Waals surface area (Å²) in [6.07, 6.45) is -5.52. The molecular formula is C13H14ClF3N2O4. The first-order valence-corrected chi connectivity index (χ1v) is 6.58. The number of ether oxygens (including phenoxy) is 2. The van der Waals surface area contributed by atoms with E-state index in [4.69, 9.17) is 21.1 Å². The molecule has 0 aliphatic heterocycles. The van der Waals surface area contributed by atoms with Gasteiger partial charge in [0.25, 0.3) is 0 Å². The average molecular weight is 355 g/mol. The number of carbonyl (C=O) groups excluding carboxylic acids is 2. The second-order valence-corrected chi connectivity index (χ2v) is 4.69. The summed E-state index contributed by atoms with van der Waals surface area (Å²) in [6.45, 7) is -0.147. The Balaban J connectivity index is 2.80. The standard InChI is InChI=1S/C13H14ClF3N2O4/c1-22-10(23-2)6-18-11(20)12(21)19-9-4-3-7(14)5-8(9)13(15,16)17/h3-5,10H,6H2,1-2H3,(H,18,20)(H,19,21). The summed E-state index contributed by atoms with van der Waals surface area (Å²) in [5.74, 6) is -2.39. The van der Waals surface area contributed by atoms with Crippen molar-refractivity contribution in [3.05, 3.63) is 28.8 Å². The molecule has 0 radical (unpaired) electrons. The molecule has 0 atom stereocenters. The summed E-state index contributed by atoms with van der Waals surface area (Å²) in [4.78, 5) is 23.2. The maximum Gasteiger partial charge on any atom is 0.418 e. The molecule has 0 fully saturated rings. The molecule has 0 spiro atoms. The van der Waals surface area contributed by atoms with Crippen molar-refractivity contribution >= 4 is 29.1 Å². The van der Waals surface area contributed by atoms with Gasteiger partial charge in [-0.3, -0.25) is 9.59 Å². The Morgan fingerprint density at radius 2 is 1.83 bits per heavy atom. The highest BCUT2D eigenvalue weighted by atomic mass is 35.5. The molecule has 1 aromatic carbocycles. The van der Waals surface area contributed by atoms with Crippen molar-refractivity contribution in [2.75, 3.05) is 26.1 Å². The van der Waals surface area contributed by atoms with Crippen LogP contribution in [0.1, 0.15) is 5.56 Å². The van der Waals surface area contributed by atoms with Crippen LogP contribution in [0.5, 0.6) is 0 Å². The molecule has 128 valence electrons. The minimum Gasteiger partial charge on any atom is -0.354 e. The molecular weight excluding hydrogens is 341 g/mol. The number of nitrogens with one attached hydrogen (secondary N) is 2. The predicted molar refractivity (Wildman–Crippen MR) is 75.9 cm³/mol. The van der Waals surface area contributed by atoms with E-state index >= 15 is 0 Å². The van der Waals surface area contributed by atoms with E-state index < -0.39 is 35.5 Å². The zero-order valence-electron chi connectivity index (χ0n) is 12.2. The van der Waals surface area contributed by atoms with Crippen molar-refractivity contribution in [3.63, 3.8) is 0 Å². The van der Waals surface area contributed by atoms with Gasteiger partial charge < -0.3 is 20.1 Å². The van der Waals surface area contributed by atoms with E-state index in [2.05, 4.69) is 5.32 Å². The number of hydrogen-bond donors (Lipinski definition) is 2. The number of methoxy groups -OCH3 is 2. The molecule has 1 rings (SSSR count). The van der Waals surface area contributed by atoms with E-state index in [-0.39, 0.29) is 11.6 Å². The summed E-state index contributed by atoms with van der Waals surface area (Å²) < 4.78 is 48.2. The van der Waals surface area contributed by atoms with Gasteiger partial charge in [0.1, 0.15) is 0 Å². The van der Waals surface area contributed by atoms with E-state index in [1.54, 1.807) is 0 Å². The van der Waals surface area contributed by atoms with Gasteiger partial charge in [0, 0.05) is 19.2 Å². The molecule has 0 bridgehead atoms. The molecule has 10 heteroatoms. The van der Waals surface area contributed by atoms with Crippen molar-refractivity contribution in [2.24, 2.45) is 0 Å². The third-order valence-electron chi connectivity index (χ3n) is 2.70. The molecule has 1 aromatic rings. The number of rotatable bonds is 5. The van der Waals surface area contributed by atoms with E-state index in [0.29, 0.717) is 6.07 Å². The third kappa shape index (κ3) is 5.70. The van der Waals surface area contributed by atoms with Crippen molar-refractivity contribution in [1.82, 2.24) is 5.32 Å². The Hall–Kier alpha value is -1.84. The van der Waals surface area contributed by atoms with Gasteiger partial charge in [-0.1, -0.05) is 11.6 Å². The van der Waals surface area contributed by atoms with Gasteiger partial charge in [0.15, 0.2) is 6.29 Å². The lowest BCUT2D eigenvalue weighted by Crippen LogP contribution is -2.40. The minimum absolute atomic E-state index is 0.147. The van der Waals surface area contributed by atoms with Gasteiger partial charge in [0.2, 0.25) is 0 Å². The molecule has 0 unspecified atom stereocenters. The lowest BCUT2D eigenvalue weighted by atomic mass is 10.1. The predicted octanol–water partition coefficient (Wildman–Crippen LogP) is 2.03. The number of hydrogen-bond acceptors (Lipinski definition) is 4. The Morgan fingerprint density at radius 1 is 1.22 bits per heavy atom. The van der Waals surface area contributed by atoms with E-state index in [0.717, 1.165) is 12.1 Å². The van der Waals surface area contributed by atoms with E-state index in [1.165, 1.54) is 14.2 Å². The van der Waals surface area contributed by atoms with Crippen LogP contribution in [-0.4, -0.2) is 38.9 Å². The van der Waals surface area contributed by atoms with Crippen LogP contribution in [-0.2, 0) is 25.2 Å². The summed E-state index contributed by atoms with van der Waals surface area (Å²) in [5.41, 5.74) is -1.73. The molecule has 0 aliphatic carbocycles. The number of alkyl halides is 3. The molecule has 0 heterocycles. The second kappa shape index (κ2) is 8.14. The first-order valence-electron chi connectivity index (χ1n) is 6.20. The fourth-order valence-electron chi connectivity index (χ4n) is 1.56. The maximum absolute atomic E-state index is 12.9. The second-order valence-electron chi connectivity index (χ2n) is 4.25. The van der Waals surface area contributed by atoms with Crippen molar-refractivity contribution in [3.8, 4) is 0 Å². The van der Waals surface area contributed by atoms with Crippen LogP contribution in [0.25, 0.3) is 0 Å². The molecule has 2 N–H and O–H groups in total. The smallest absolute Gasteiger partial charge is 0.354 e. The van der Waals surface area contributed by atoms with Crippen LogP contribution in [0.4, 0.5) is 18.9 Å². The Morgan fingerprint density at radius 3 is 2.35 bits per heavy atom. The van der Waals surface area contributed by atoms with Crippen molar-refractivity contribution in [2.45, 2.75) is 12.5 Å². The normalized spacial score (nSPS) is 11.4. The molecule has 2 amide bonds. The lowest BCUT2D eigenvalue weighted by molar-refractivity contribution is -0.139. The van der Waals surface area contributed by atoms with Gasteiger partial charge in [0.05, 0.1) is 17.8 Å². The van der Waals surface area contributed by atoms with Gasteiger partial charge in [-0.15, -0.1) is 0 Å². The number of carbonyl (C=O) groups is 2. The van der Waals surface area contributed by atoms with Crippen LogP contribution < -0.4 is 10.6 Å². The first-order chi connectivity index (χ1) is 10.7. The van der Waals surface area contributed by atoms with E-state index in [1.807, 2.05) is 5.32 Å². The molecule has 0 aliphatic rings. The Labute approximate surface area is 134 Å². The SMILES string of the molecule is COC(CNC(=O)C(=O)Nc1ccc(Cl)cc1C(F)(F)F)OC. The van der Waals surface area contributed by atoms with Gasteiger partial charge in [-0.05, 0) is 18.2 Å². The topological polar surface area (TPSA) is 76.7 Å². The van der Waals surface area contributed by atoms with Crippen LogP contribution in [0, 0.1) is 0 Å². The number of halogens is 4. The monoisotopic (exact) mass is 354 g/mol. The van der Waals surface area contributed by atoms with Gasteiger partial charge in [-0.25, -0.2) is 0 Å². The fourth-order valence-corrected chi connectivity index (χ4v) is 1.73. The fraction of sp³-hybridized carbons (Fsp3) is 0.385. The first kappa shape index (κ1) is 19.2. The summed E-state index contributed by atoms with van der Waals surface area (Å²) >= 11 is 5.52. The summed E-state index contributed by atoms with van der Waals surface area (Å²) in [7, 11) is 2.65. The van der Waals surface area contributed by atoms with Gasteiger partial charge >= 0.3 is 18.0 Å². The molecule has 23 heavy (non-hydrogen) atoms. The highest BCUT2D eigenvalue weighted by Crippen LogP contribution is 2.36. The average Bonchev–Trinajstić information content (AvgIpc) is 2.48. The molecule has 6 nitrogen and oxygen atoms in total. The third-order valence-corrected chi connectivity index (χ3v) is 2.93. The Kier molecular flexibility index (Phi) is 6.79.